The normalized spacial score (nSPS) is 16.2. The van der Waals surface area contributed by atoms with Gasteiger partial charge in [-0.15, -0.1) is 0 Å². The zero-order valence-corrected chi connectivity index (χ0v) is 21.2. The van der Waals surface area contributed by atoms with E-state index in [9.17, 15) is 14.4 Å². The lowest BCUT2D eigenvalue weighted by atomic mass is 9.93. The van der Waals surface area contributed by atoms with Gasteiger partial charge in [-0.3, -0.25) is 19.8 Å². The van der Waals surface area contributed by atoms with E-state index in [1.807, 2.05) is 12.1 Å². The smallest absolute Gasteiger partial charge is 0.307 e. The largest absolute Gasteiger partial charge is 0.489 e. The molecule has 2 amide bonds. The van der Waals surface area contributed by atoms with Crippen molar-refractivity contribution < 1.29 is 23.9 Å². The average molecular weight is 507 g/mol. The van der Waals surface area contributed by atoms with Crippen LogP contribution in [-0.2, 0) is 20.9 Å². The first-order chi connectivity index (χ1) is 17.9. The summed E-state index contributed by atoms with van der Waals surface area (Å²) in [5.74, 6) is -0.333. The molecule has 2 aromatic rings. The second-order valence-electron chi connectivity index (χ2n) is 9.42. The number of esters is 1. The van der Waals surface area contributed by atoms with Crippen LogP contribution in [0.1, 0.15) is 66.9 Å². The molecule has 37 heavy (non-hydrogen) atoms. The van der Waals surface area contributed by atoms with Gasteiger partial charge in [0.25, 0.3) is 5.91 Å². The van der Waals surface area contributed by atoms with Crippen LogP contribution in [0.25, 0.3) is 0 Å². The number of amides is 2. The molecule has 196 valence electrons. The summed E-state index contributed by atoms with van der Waals surface area (Å²) < 4.78 is 11.0. The highest BCUT2D eigenvalue weighted by Crippen LogP contribution is 2.35. The SMILES string of the molecule is CCOC(=O)CCN1CC(=O)N(C2CCCCC2)c2ccc(OCc3ccc(C(=N)N)cc3)cc2C1=O. The van der Waals surface area contributed by atoms with E-state index >= 15 is 0 Å². The molecule has 4 rings (SSSR count). The van der Waals surface area contributed by atoms with Crippen LogP contribution in [0.4, 0.5) is 5.69 Å². The summed E-state index contributed by atoms with van der Waals surface area (Å²) in [5.41, 5.74) is 8.03. The van der Waals surface area contributed by atoms with Crippen LogP contribution in [0.15, 0.2) is 42.5 Å². The number of nitrogens with zero attached hydrogens (tertiary/aromatic N) is 2. The van der Waals surface area contributed by atoms with E-state index in [-0.39, 0.29) is 56.4 Å². The Balaban J connectivity index is 1.59. The number of fused-ring (bicyclic) bond motifs is 1. The Morgan fingerprint density at radius 1 is 1.08 bits per heavy atom. The second-order valence-corrected chi connectivity index (χ2v) is 9.42. The number of amidine groups is 1. The number of anilines is 1. The van der Waals surface area contributed by atoms with E-state index in [1.165, 1.54) is 4.90 Å². The molecule has 0 atom stereocenters. The van der Waals surface area contributed by atoms with Gasteiger partial charge < -0.3 is 25.0 Å². The number of rotatable bonds is 9. The molecule has 1 heterocycles. The third-order valence-corrected chi connectivity index (χ3v) is 6.84. The highest BCUT2D eigenvalue weighted by Gasteiger charge is 2.36. The monoisotopic (exact) mass is 506 g/mol. The maximum Gasteiger partial charge on any atom is 0.307 e. The van der Waals surface area contributed by atoms with Crippen molar-refractivity contribution in [2.45, 2.75) is 58.1 Å². The summed E-state index contributed by atoms with van der Waals surface area (Å²) in [6, 6.07) is 12.5. The van der Waals surface area contributed by atoms with Crippen molar-refractivity contribution in [3.63, 3.8) is 0 Å². The van der Waals surface area contributed by atoms with E-state index in [1.54, 1.807) is 42.2 Å². The van der Waals surface area contributed by atoms with Gasteiger partial charge in [0.05, 0.1) is 24.3 Å². The molecule has 0 bridgehead atoms. The van der Waals surface area contributed by atoms with E-state index in [0.29, 0.717) is 22.6 Å². The topological polar surface area (TPSA) is 126 Å². The molecular weight excluding hydrogens is 472 g/mol. The van der Waals surface area contributed by atoms with Crippen molar-refractivity contribution in [3.8, 4) is 5.75 Å². The Morgan fingerprint density at radius 3 is 2.49 bits per heavy atom. The lowest BCUT2D eigenvalue weighted by Crippen LogP contribution is -2.45. The number of nitrogen functional groups attached to an aromatic ring is 1. The number of carbonyl (C=O) groups is 3. The van der Waals surface area contributed by atoms with Crippen LogP contribution >= 0.6 is 0 Å². The predicted molar refractivity (Wildman–Crippen MR) is 140 cm³/mol. The molecule has 1 aliphatic heterocycles. The highest BCUT2D eigenvalue weighted by molar-refractivity contribution is 6.10. The number of hydrogen-bond acceptors (Lipinski definition) is 6. The van der Waals surface area contributed by atoms with Crippen molar-refractivity contribution >= 4 is 29.3 Å². The average Bonchev–Trinajstić information content (AvgIpc) is 3.00. The fourth-order valence-electron chi connectivity index (χ4n) is 4.93. The summed E-state index contributed by atoms with van der Waals surface area (Å²) >= 11 is 0. The number of hydrogen-bond donors (Lipinski definition) is 2. The first kappa shape index (κ1) is 26.2. The molecule has 0 aromatic heterocycles. The number of nitrogens with two attached hydrogens (primary N) is 1. The molecule has 1 saturated carbocycles. The molecule has 1 fully saturated rings. The van der Waals surface area contributed by atoms with Gasteiger partial charge in [-0.2, -0.15) is 0 Å². The van der Waals surface area contributed by atoms with Crippen LogP contribution in [0, 0.1) is 5.41 Å². The minimum Gasteiger partial charge on any atom is -0.489 e. The third kappa shape index (κ3) is 6.28. The zero-order chi connectivity index (χ0) is 26.4. The van der Waals surface area contributed by atoms with Crippen molar-refractivity contribution in [2.75, 3.05) is 24.6 Å². The van der Waals surface area contributed by atoms with E-state index in [4.69, 9.17) is 20.6 Å². The van der Waals surface area contributed by atoms with Gasteiger partial charge >= 0.3 is 5.97 Å². The molecule has 3 N–H and O–H groups in total. The fourth-order valence-corrected chi connectivity index (χ4v) is 4.93. The molecule has 9 heteroatoms. The first-order valence-electron chi connectivity index (χ1n) is 12.8. The Kier molecular flexibility index (Phi) is 8.43. The molecule has 0 saturated heterocycles. The summed E-state index contributed by atoms with van der Waals surface area (Å²) in [4.78, 5) is 42.2. The lowest BCUT2D eigenvalue weighted by Gasteiger charge is -2.34. The number of benzene rings is 2. The lowest BCUT2D eigenvalue weighted by molar-refractivity contribution is -0.143. The molecule has 0 radical (unpaired) electrons. The minimum atomic E-state index is -0.399. The van der Waals surface area contributed by atoms with Crippen LogP contribution < -0.4 is 15.4 Å². The molecule has 1 aliphatic carbocycles. The second kappa shape index (κ2) is 11.9. The van der Waals surface area contributed by atoms with Crippen molar-refractivity contribution in [1.82, 2.24) is 4.90 Å². The van der Waals surface area contributed by atoms with Crippen molar-refractivity contribution in [3.05, 3.63) is 59.2 Å². The van der Waals surface area contributed by atoms with Gasteiger partial charge in [-0.1, -0.05) is 43.5 Å². The molecular formula is C28H34N4O5. The Labute approximate surface area is 217 Å². The summed E-state index contributed by atoms with van der Waals surface area (Å²) in [5, 5.41) is 7.52. The van der Waals surface area contributed by atoms with E-state index < -0.39 is 5.97 Å². The molecule has 0 unspecified atom stereocenters. The summed E-state index contributed by atoms with van der Waals surface area (Å²) in [6.45, 7) is 2.29. The standard InChI is InChI=1S/C28H34N4O5/c1-2-36-26(34)14-15-31-17-25(33)32(21-6-4-3-5-7-21)24-13-12-22(16-23(24)28(31)35)37-18-19-8-10-20(11-9-19)27(29)30/h8-13,16,21H,2-7,14-15,17-18H2,1H3,(H3,29,30). The molecule has 2 aliphatic rings. The van der Waals surface area contributed by atoms with Crippen molar-refractivity contribution in [1.29, 1.82) is 5.41 Å². The molecule has 9 nitrogen and oxygen atoms in total. The van der Waals surface area contributed by atoms with Gasteiger partial charge in [-0.05, 0) is 43.5 Å². The maximum absolute atomic E-state index is 13.6. The maximum atomic E-state index is 13.6. The number of nitrogens with one attached hydrogen (secondary N) is 1. The Bertz CT molecular complexity index is 1160. The Hall–Kier alpha value is -3.88. The molecule has 2 aromatic carbocycles. The third-order valence-electron chi connectivity index (χ3n) is 6.84. The van der Waals surface area contributed by atoms with Crippen LogP contribution in [0.3, 0.4) is 0 Å². The molecule has 0 spiro atoms. The number of ether oxygens (including phenoxy) is 2. The van der Waals surface area contributed by atoms with Gasteiger partial charge in [0.15, 0.2) is 0 Å². The highest BCUT2D eigenvalue weighted by atomic mass is 16.5. The van der Waals surface area contributed by atoms with Crippen molar-refractivity contribution in [2.24, 2.45) is 5.73 Å². The summed E-state index contributed by atoms with van der Waals surface area (Å²) in [7, 11) is 0. The first-order valence-corrected chi connectivity index (χ1v) is 12.8. The fraction of sp³-hybridized carbons (Fsp3) is 0.429. The summed E-state index contributed by atoms with van der Waals surface area (Å²) in [6.07, 6.45) is 5.07. The Morgan fingerprint density at radius 2 is 1.81 bits per heavy atom. The minimum absolute atomic E-state index is 0.00121. The van der Waals surface area contributed by atoms with Gasteiger partial charge in [0.1, 0.15) is 24.7 Å². The van der Waals surface area contributed by atoms with Gasteiger partial charge in [0, 0.05) is 18.2 Å². The van der Waals surface area contributed by atoms with Crippen LogP contribution in [0.5, 0.6) is 5.75 Å². The van der Waals surface area contributed by atoms with Gasteiger partial charge in [0.2, 0.25) is 5.91 Å². The predicted octanol–water partition coefficient (Wildman–Crippen LogP) is 3.62. The van der Waals surface area contributed by atoms with E-state index in [2.05, 4.69) is 0 Å². The quantitative estimate of drug-likeness (QED) is 0.304. The van der Waals surface area contributed by atoms with E-state index in [0.717, 1.165) is 37.7 Å². The van der Waals surface area contributed by atoms with Gasteiger partial charge in [-0.25, -0.2) is 0 Å². The van der Waals surface area contributed by atoms with Crippen LogP contribution in [0.2, 0.25) is 0 Å². The van der Waals surface area contributed by atoms with Crippen LogP contribution in [-0.4, -0.2) is 54.3 Å². The zero-order valence-electron chi connectivity index (χ0n) is 21.2. The number of carbonyl (C=O) groups excluding carboxylic acids is 3.